The number of hydrogen-bond donors (Lipinski definition) is 2. The van der Waals surface area contributed by atoms with Crippen LogP contribution in [0.4, 0.5) is 0 Å². The molecule has 110 valence electrons. The summed E-state index contributed by atoms with van der Waals surface area (Å²) in [6, 6.07) is 4.79. The summed E-state index contributed by atoms with van der Waals surface area (Å²) < 4.78 is 5.64. The lowest BCUT2D eigenvalue weighted by atomic mass is 10.1. The number of nitrogens with zero attached hydrogens (tertiary/aromatic N) is 2. The van der Waals surface area contributed by atoms with E-state index in [9.17, 15) is 0 Å². The summed E-state index contributed by atoms with van der Waals surface area (Å²) in [7, 11) is 0. The molecule has 0 aliphatic carbocycles. The van der Waals surface area contributed by atoms with E-state index >= 15 is 0 Å². The van der Waals surface area contributed by atoms with Gasteiger partial charge >= 0.3 is 0 Å². The van der Waals surface area contributed by atoms with Gasteiger partial charge in [0, 0.05) is 12.6 Å². The molecular weight excluding hydrogens is 252 g/mol. The summed E-state index contributed by atoms with van der Waals surface area (Å²) >= 11 is 0. The van der Waals surface area contributed by atoms with E-state index in [2.05, 4.69) is 33.5 Å². The molecule has 3 heterocycles. The topological polar surface area (TPSA) is 52.8 Å². The predicted octanol–water partition coefficient (Wildman–Crippen LogP) is 1.74. The first-order valence-electron chi connectivity index (χ1n) is 7.65. The van der Waals surface area contributed by atoms with E-state index in [0.29, 0.717) is 12.1 Å². The Hall–Kier alpha value is -1.49. The second kappa shape index (κ2) is 6.31. The summed E-state index contributed by atoms with van der Waals surface area (Å²) in [5.41, 5.74) is 0. The number of likely N-dealkylation sites (tertiary alicyclic amines) is 1. The number of hydrogen-bond acceptors (Lipinski definition) is 5. The first kappa shape index (κ1) is 13.5. The fraction of sp³-hybridized carbons (Fsp3) is 0.667. The molecule has 2 aliphatic rings. The van der Waals surface area contributed by atoms with Gasteiger partial charge in [-0.15, -0.1) is 0 Å². The van der Waals surface area contributed by atoms with Crippen molar-refractivity contribution in [2.45, 2.75) is 38.3 Å². The molecule has 2 atom stereocenters. The van der Waals surface area contributed by atoms with Gasteiger partial charge in [-0.25, -0.2) is 0 Å². The van der Waals surface area contributed by atoms with Crippen molar-refractivity contribution in [3.63, 3.8) is 0 Å². The van der Waals surface area contributed by atoms with Crippen LogP contribution in [0, 0.1) is 0 Å². The van der Waals surface area contributed by atoms with Gasteiger partial charge in [-0.3, -0.25) is 9.89 Å². The Morgan fingerprint density at radius 2 is 2.30 bits per heavy atom. The van der Waals surface area contributed by atoms with Crippen molar-refractivity contribution in [1.29, 1.82) is 0 Å². The summed E-state index contributed by atoms with van der Waals surface area (Å²) in [4.78, 5) is 6.98. The molecule has 0 radical (unpaired) electrons. The number of piperidine rings is 1. The highest BCUT2D eigenvalue weighted by Crippen LogP contribution is 2.24. The third kappa shape index (κ3) is 3.15. The minimum atomic E-state index is 0.297. The largest absolute Gasteiger partial charge is 0.468 e. The van der Waals surface area contributed by atoms with Crippen LogP contribution in [-0.2, 0) is 0 Å². The van der Waals surface area contributed by atoms with Crippen molar-refractivity contribution in [3.05, 3.63) is 24.2 Å². The van der Waals surface area contributed by atoms with Gasteiger partial charge in [0.1, 0.15) is 5.76 Å². The second-order valence-electron chi connectivity index (χ2n) is 5.74. The Bertz CT molecular complexity index is 437. The number of nitrogens with one attached hydrogen (secondary N) is 2. The van der Waals surface area contributed by atoms with Crippen LogP contribution in [0.3, 0.4) is 0 Å². The molecule has 1 aromatic heterocycles. The summed E-state index contributed by atoms with van der Waals surface area (Å²) in [6.45, 7) is 6.16. The van der Waals surface area contributed by atoms with Crippen molar-refractivity contribution >= 4 is 5.96 Å². The van der Waals surface area contributed by atoms with Crippen molar-refractivity contribution in [2.75, 3.05) is 26.2 Å². The van der Waals surface area contributed by atoms with E-state index in [1.165, 1.54) is 19.3 Å². The van der Waals surface area contributed by atoms with Gasteiger partial charge in [0.15, 0.2) is 5.96 Å². The summed E-state index contributed by atoms with van der Waals surface area (Å²) in [6.07, 6.45) is 5.68. The summed E-state index contributed by atoms with van der Waals surface area (Å²) in [5, 5.41) is 6.78. The van der Waals surface area contributed by atoms with Crippen molar-refractivity contribution in [2.24, 2.45) is 4.99 Å². The normalized spacial score (nSPS) is 25.1. The van der Waals surface area contributed by atoms with Gasteiger partial charge in [-0.05, 0) is 45.0 Å². The molecule has 3 rings (SSSR count). The van der Waals surface area contributed by atoms with Crippen LogP contribution in [-0.4, -0.2) is 43.1 Å². The van der Waals surface area contributed by atoms with Crippen LogP contribution >= 0.6 is 0 Å². The summed E-state index contributed by atoms with van der Waals surface area (Å²) in [5.74, 6) is 1.97. The molecule has 5 heteroatoms. The fourth-order valence-electron chi connectivity index (χ4n) is 2.97. The van der Waals surface area contributed by atoms with Gasteiger partial charge in [0.2, 0.25) is 0 Å². The lowest BCUT2D eigenvalue weighted by molar-refractivity contribution is 0.146. The molecule has 0 aromatic carbocycles. The first-order valence-corrected chi connectivity index (χ1v) is 7.65. The van der Waals surface area contributed by atoms with Gasteiger partial charge < -0.3 is 15.1 Å². The molecule has 1 aromatic rings. The maximum atomic E-state index is 5.64. The van der Waals surface area contributed by atoms with Gasteiger partial charge in [-0.1, -0.05) is 6.42 Å². The molecule has 2 unspecified atom stereocenters. The zero-order valence-electron chi connectivity index (χ0n) is 12.1. The van der Waals surface area contributed by atoms with Crippen molar-refractivity contribution in [1.82, 2.24) is 15.5 Å². The van der Waals surface area contributed by atoms with Crippen LogP contribution in [0.1, 0.15) is 38.0 Å². The van der Waals surface area contributed by atoms with Gasteiger partial charge in [0.05, 0.1) is 18.8 Å². The van der Waals surface area contributed by atoms with E-state index in [0.717, 1.165) is 37.9 Å². The number of furan rings is 1. The van der Waals surface area contributed by atoms with Crippen LogP contribution in [0.25, 0.3) is 0 Å². The highest BCUT2D eigenvalue weighted by atomic mass is 16.3. The third-order valence-electron chi connectivity index (χ3n) is 4.07. The predicted molar refractivity (Wildman–Crippen MR) is 79.8 cm³/mol. The Labute approximate surface area is 120 Å². The molecule has 0 amide bonds. The van der Waals surface area contributed by atoms with E-state index < -0.39 is 0 Å². The molecule has 0 spiro atoms. The van der Waals surface area contributed by atoms with E-state index in [-0.39, 0.29) is 0 Å². The average molecular weight is 276 g/mol. The minimum Gasteiger partial charge on any atom is -0.468 e. The van der Waals surface area contributed by atoms with E-state index in [1.807, 2.05) is 6.07 Å². The highest BCUT2D eigenvalue weighted by Gasteiger charge is 2.25. The van der Waals surface area contributed by atoms with Gasteiger partial charge in [-0.2, -0.15) is 0 Å². The van der Waals surface area contributed by atoms with Gasteiger partial charge in [0.25, 0.3) is 0 Å². The molecule has 2 N–H and O–H groups in total. The fourth-order valence-corrected chi connectivity index (χ4v) is 2.97. The SMILES string of the molecule is CC1CN=C(NCC(c2ccco2)N2CCCCC2)N1. The van der Waals surface area contributed by atoms with Crippen LogP contribution < -0.4 is 10.6 Å². The number of guanidine groups is 1. The van der Waals surface area contributed by atoms with Crippen molar-refractivity contribution < 1.29 is 4.42 Å². The minimum absolute atomic E-state index is 0.297. The smallest absolute Gasteiger partial charge is 0.191 e. The molecule has 20 heavy (non-hydrogen) atoms. The average Bonchev–Trinajstić information content (AvgIpc) is 3.12. The Morgan fingerprint density at radius 3 is 2.95 bits per heavy atom. The third-order valence-corrected chi connectivity index (χ3v) is 4.07. The first-order chi connectivity index (χ1) is 9.83. The molecule has 1 fully saturated rings. The van der Waals surface area contributed by atoms with Crippen molar-refractivity contribution in [3.8, 4) is 0 Å². The van der Waals surface area contributed by atoms with Crippen LogP contribution in [0.5, 0.6) is 0 Å². The number of aliphatic imine (C=N–C) groups is 1. The second-order valence-corrected chi connectivity index (χ2v) is 5.74. The zero-order chi connectivity index (χ0) is 13.8. The monoisotopic (exact) mass is 276 g/mol. The molecule has 2 aliphatic heterocycles. The molecule has 1 saturated heterocycles. The lowest BCUT2D eigenvalue weighted by Crippen LogP contribution is -2.44. The standard InChI is InChI=1S/C15H24N4O/c1-12-10-16-15(18-12)17-11-13(14-6-5-9-20-14)19-7-3-2-4-8-19/h5-6,9,12-13H,2-4,7-8,10-11H2,1H3,(H2,16,17,18). The quantitative estimate of drug-likeness (QED) is 0.879. The molecular formula is C15H24N4O. The van der Waals surface area contributed by atoms with E-state index in [4.69, 9.17) is 4.42 Å². The molecule has 5 nitrogen and oxygen atoms in total. The lowest BCUT2D eigenvalue weighted by Gasteiger charge is -2.33. The maximum Gasteiger partial charge on any atom is 0.191 e. The Morgan fingerprint density at radius 1 is 1.45 bits per heavy atom. The molecule has 0 bridgehead atoms. The van der Waals surface area contributed by atoms with Crippen LogP contribution in [0.15, 0.2) is 27.8 Å². The number of rotatable bonds is 4. The van der Waals surface area contributed by atoms with Crippen LogP contribution in [0.2, 0.25) is 0 Å². The Balaban J connectivity index is 1.63. The Kier molecular flexibility index (Phi) is 4.25. The molecule has 0 saturated carbocycles. The maximum absolute atomic E-state index is 5.64. The van der Waals surface area contributed by atoms with E-state index in [1.54, 1.807) is 6.26 Å². The highest BCUT2D eigenvalue weighted by molar-refractivity contribution is 5.81. The zero-order valence-corrected chi connectivity index (χ0v) is 12.1.